The summed E-state index contributed by atoms with van der Waals surface area (Å²) in [6.07, 6.45) is 1.11. The molecule has 0 bridgehead atoms. The Morgan fingerprint density at radius 1 is 1.65 bits per heavy atom. The number of rotatable bonds is 4. The molecule has 1 amide bonds. The minimum absolute atomic E-state index is 0.180. The van der Waals surface area contributed by atoms with E-state index in [-0.39, 0.29) is 6.54 Å². The van der Waals surface area contributed by atoms with Gasteiger partial charge in [0.25, 0.3) is 0 Å². The number of hydrogen-bond acceptors (Lipinski definition) is 8. The minimum atomic E-state index is -0.737. The summed E-state index contributed by atoms with van der Waals surface area (Å²) in [6, 6.07) is 0. The molecule has 0 aromatic carbocycles. The lowest BCUT2D eigenvalue weighted by atomic mass is 10.6. The first-order valence-corrected chi connectivity index (χ1v) is 5.13. The number of hydrogen-bond donors (Lipinski definition) is 1. The molecule has 0 saturated heterocycles. The number of amides is 1. The molecule has 0 aliphatic carbocycles. The Bertz CT molecular complexity index is 536. The van der Waals surface area contributed by atoms with Gasteiger partial charge in [0.1, 0.15) is 12.1 Å². The standard InChI is InChI=1S/C6H5N7O3S/c14-4(9-6-10-8-3-17-6)1-12-2-7-5(11-12)13(15)16/h2-3H,1H2,(H,9,10,14). The van der Waals surface area contributed by atoms with E-state index in [0.717, 1.165) is 22.3 Å². The molecule has 88 valence electrons. The van der Waals surface area contributed by atoms with E-state index in [0.29, 0.717) is 5.13 Å². The van der Waals surface area contributed by atoms with Gasteiger partial charge in [-0.2, -0.15) is 4.68 Å². The highest BCUT2D eigenvalue weighted by molar-refractivity contribution is 7.13. The number of nitrogens with zero attached hydrogens (tertiary/aromatic N) is 6. The fourth-order valence-electron chi connectivity index (χ4n) is 0.978. The highest BCUT2D eigenvalue weighted by Crippen LogP contribution is 2.07. The van der Waals surface area contributed by atoms with Crippen LogP contribution in [-0.2, 0) is 11.3 Å². The second-order valence-corrected chi connectivity index (χ2v) is 3.62. The summed E-state index contributed by atoms with van der Waals surface area (Å²) in [6.45, 7) is -0.180. The Morgan fingerprint density at radius 3 is 3.06 bits per heavy atom. The predicted molar refractivity (Wildman–Crippen MR) is 55.2 cm³/mol. The highest BCUT2D eigenvalue weighted by Gasteiger charge is 2.15. The first-order chi connectivity index (χ1) is 8.15. The Kier molecular flexibility index (Phi) is 3.00. The fourth-order valence-corrected chi connectivity index (χ4v) is 1.44. The van der Waals surface area contributed by atoms with Crippen LogP contribution in [0.15, 0.2) is 11.8 Å². The Hall–Kier alpha value is -2.43. The van der Waals surface area contributed by atoms with Gasteiger partial charge in [0.15, 0.2) is 0 Å². The largest absolute Gasteiger partial charge is 0.490 e. The van der Waals surface area contributed by atoms with E-state index >= 15 is 0 Å². The van der Waals surface area contributed by atoms with Crippen molar-refractivity contribution in [1.82, 2.24) is 25.0 Å². The molecule has 2 heterocycles. The number of nitro groups is 1. The molecule has 0 aliphatic heterocycles. The molecule has 11 heteroatoms. The van der Waals surface area contributed by atoms with Gasteiger partial charge in [-0.25, -0.2) is 0 Å². The monoisotopic (exact) mass is 255 g/mol. The van der Waals surface area contributed by atoms with E-state index in [4.69, 9.17) is 0 Å². The summed E-state index contributed by atoms with van der Waals surface area (Å²) in [7, 11) is 0. The molecule has 10 nitrogen and oxygen atoms in total. The van der Waals surface area contributed by atoms with Crippen molar-refractivity contribution in [2.45, 2.75) is 6.54 Å². The smallest absolute Gasteiger partial charge is 0.390 e. The second-order valence-electron chi connectivity index (χ2n) is 2.79. The molecular weight excluding hydrogens is 250 g/mol. The maximum absolute atomic E-state index is 11.4. The maximum atomic E-state index is 11.4. The summed E-state index contributed by atoms with van der Waals surface area (Å²) in [5, 5.41) is 23.8. The summed E-state index contributed by atoms with van der Waals surface area (Å²) in [5.41, 5.74) is 1.47. The molecule has 2 aromatic heterocycles. The van der Waals surface area contributed by atoms with Crippen LogP contribution in [0.25, 0.3) is 0 Å². The Balaban J connectivity index is 1.96. The van der Waals surface area contributed by atoms with Crippen LogP contribution in [0.3, 0.4) is 0 Å². The normalized spacial score (nSPS) is 10.1. The predicted octanol–water partition coefficient (Wildman–Crippen LogP) is -0.324. The molecule has 2 rings (SSSR count). The zero-order valence-electron chi connectivity index (χ0n) is 8.18. The number of carbonyl (C=O) groups excluding carboxylic acids is 1. The maximum Gasteiger partial charge on any atom is 0.490 e. The molecule has 0 spiro atoms. The van der Waals surface area contributed by atoms with Gasteiger partial charge in [-0.05, 0) is 4.92 Å². The Labute approximate surface area is 97.5 Å². The molecule has 0 unspecified atom stereocenters. The van der Waals surface area contributed by atoms with Crippen LogP contribution in [0.2, 0.25) is 0 Å². The molecule has 0 radical (unpaired) electrons. The van der Waals surface area contributed by atoms with Gasteiger partial charge in [0.2, 0.25) is 17.4 Å². The summed E-state index contributed by atoms with van der Waals surface area (Å²) >= 11 is 1.16. The number of nitrogens with one attached hydrogen (secondary N) is 1. The average molecular weight is 255 g/mol. The van der Waals surface area contributed by atoms with Gasteiger partial charge >= 0.3 is 5.95 Å². The van der Waals surface area contributed by atoms with Gasteiger partial charge < -0.3 is 10.1 Å². The molecule has 17 heavy (non-hydrogen) atoms. The van der Waals surface area contributed by atoms with Crippen LogP contribution in [-0.4, -0.2) is 35.8 Å². The molecule has 2 aromatic rings. The number of anilines is 1. The number of carbonyl (C=O) groups is 1. The first-order valence-electron chi connectivity index (χ1n) is 4.25. The van der Waals surface area contributed by atoms with Crippen molar-refractivity contribution in [3.05, 3.63) is 22.0 Å². The van der Waals surface area contributed by atoms with Crippen molar-refractivity contribution in [2.75, 3.05) is 5.32 Å². The van der Waals surface area contributed by atoms with Gasteiger partial charge in [-0.3, -0.25) is 10.1 Å². The van der Waals surface area contributed by atoms with Crippen molar-refractivity contribution in [2.24, 2.45) is 0 Å². The molecular formula is C6H5N7O3S. The lowest BCUT2D eigenvalue weighted by Gasteiger charge is -1.97. The van der Waals surface area contributed by atoms with E-state index < -0.39 is 16.8 Å². The summed E-state index contributed by atoms with van der Waals surface area (Å²) in [5.74, 6) is -0.963. The third-order valence-corrected chi connectivity index (χ3v) is 2.21. The SMILES string of the molecule is O=C(Cn1cnc([N+](=O)[O-])n1)Nc1nncs1. The highest BCUT2D eigenvalue weighted by atomic mass is 32.1. The topological polar surface area (TPSA) is 129 Å². The zero-order valence-corrected chi connectivity index (χ0v) is 8.99. The zero-order chi connectivity index (χ0) is 12.3. The van der Waals surface area contributed by atoms with Crippen LogP contribution in [0, 0.1) is 10.1 Å². The molecule has 0 atom stereocenters. The summed E-state index contributed by atoms with van der Waals surface area (Å²) in [4.78, 5) is 24.4. The van der Waals surface area contributed by atoms with Crippen molar-refractivity contribution in [3.8, 4) is 0 Å². The van der Waals surface area contributed by atoms with Crippen molar-refractivity contribution in [3.63, 3.8) is 0 Å². The first kappa shape index (κ1) is 11.1. The van der Waals surface area contributed by atoms with E-state index in [1.165, 1.54) is 5.51 Å². The lowest BCUT2D eigenvalue weighted by Crippen LogP contribution is -2.19. The molecule has 1 N–H and O–H groups in total. The quantitative estimate of drug-likeness (QED) is 0.585. The molecule has 0 fully saturated rings. The van der Waals surface area contributed by atoms with E-state index in [1.54, 1.807) is 0 Å². The van der Waals surface area contributed by atoms with Gasteiger partial charge in [-0.1, -0.05) is 16.3 Å². The average Bonchev–Trinajstić information content (AvgIpc) is 2.88. The second kappa shape index (κ2) is 4.61. The van der Waals surface area contributed by atoms with Crippen molar-refractivity contribution < 1.29 is 9.72 Å². The van der Waals surface area contributed by atoms with E-state index in [2.05, 4.69) is 25.6 Å². The lowest BCUT2D eigenvalue weighted by molar-refractivity contribution is -0.394. The van der Waals surface area contributed by atoms with Crippen LogP contribution in [0.1, 0.15) is 0 Å². The van der Waals surface area contributed by atoms with E-state index in [1.807, 2.05) is 0 Å². The summed E-state index contributed by atoms with van der Waals surface area (Å²) < 4.78 is 1.06. The van der Waals surface area contributed by atoms with Crippen molar-refractivity contribution >= 4 is 28.3 Å². The van der Waals surface area contributed by atoms with Crippen LogP contribution < -0.4 is 5.32 Å². The molecule has 0 saturated carbocycles. The third kappa shape index (κ3) is 2.78. The van der Waals surface area contributed by atoms with Crippen molar-refractivity contribution in [1.29, 1.82) is 0 Å². The van der Waals surface area contributed by atoms with E-state index in [9.17, 15) is 14.9 Å². The molecule has 0 aliphatic rings. The van der Waals surface area contributed by atoms with Crippen LogP contribution in [0.4, 0.5) is 11.1 Å². The third-order valence-electron chi connectivity index (χ3n) is 1.60. The number of aromatic nitrogens is 5. The van der Waals surface area contributed by atoms with Crippen LogP contribution in [0.5, 0.6) is 0 Å². The van der Waals surface area contributed by atoms with Gasteiger partial charge in [0.05, 0.1) is 0 Å². The van der Waals surface area contributed by atoms with Gasteiger partial charge in [0, 0.05) is 5.10 Å². The van der Waals surface area contributed by atoms with Gasteiger partial charge in [-0.15, -0.1) is 10.2 Å². The fraction of sp³-hybridized carbons (Fsp3) is 0.167. The minimum Gasteiger partial charge on any atom is -0.390 e. The Morgan fingerprint density at radius 2 is 2.47 bits per heavy atom. The van der Waals surface area contributed by atoms with Crippen LogP contribution >= 0.6 is 11.3 Å².